The molecule has 0 fully saturated rings. The minimum atomic E-state index is -0.629. The van der Waals surface area contributed by atoms with Crippen LogP contribution in [-0.4, -0.2) is 27.1 Å². The van der Waals surface area contributed by atoms with E-state index < -0.39 is 12.0 Å². The summed E-state index contributed by atoms with van der Waals surface area (Å²) in [5.74, 6) is -0.0560. The zero-order chi connectivity index (χ0) is 26.3. The first-order valence-corrected chi connectivity index (χ1v) is 14.3. The highest BCUT2D eigenvalue weighted by Crippen LogP contribution is 2.35. The van der Waals surface area contributed by atoms with Crippen molar-refractivity contribution in [3.8, 4) is 0 Å². The average molecular weight is 620 g/mol. The van der Waals surface area contributed by atoms with Gasteiger partial charge in [-0.25, -0.2) is 14.8 Å². The van der Waals surface area contributed by atoms with Gasteiger partial charge in [-0.2, -0.15) is 0 Å². The Bertz CT molecular complexity index is 1780. The number of carbonyl (C=O) groups is 1. The van der Waals surface area contributed by atoms with E-state index in [2.05, 4.69) is 30.9 Å². The van der Waals surface area contributed by atoms with E-state index in [1.807, 2.05) is 17.5 Å². The molecule has 1 atom stereocenters. The third-order valence-corrected chi connectivity index (χ3v) is 8.95. The molecule has 0 bridgehead atoms. The van der Waals surface area contributed by atoms with Crippen molar-refractivity contribution in [2.75, 3.05) is 6.61 Å². The predicted molar refractivity (Wildman–Crippen MR) is 145 cm³/mol. The monoisotopic (exact) mass is 618 g/mol. The van der Waals surface area contributed by atoms with Crippen molar-refractivity contribution in [2.24, 2.45) is 4.99 Å². The third-order valence-electron chi connectivity index (χ3n) is 5.31. The van der Waals surface area contributed by atoms with Gasteiger partial charge in [0.15, 0.2) is 15.1 Å². The molecule has 190 valence electrons. The fourth-order valence-corrected chi connectivity index (χ4v) is 7.05. The molecule has 0 saturated carbocycles. The standard InChI is InChI=1S/C24H19BrN4O5S3/c1-4-33-21(32)18-12(3)27-24-29(19(18)15-6-5-7-35-15)20(31)16(36-24)10-13-9-14(25)22(34-13)37-23-26-11(2)8-17(30)28-23/h5-10,19H,4H2,1-3H3,(H,26,28,30)/b16-10+/t19-/m1/s1. The van der Waals surface area contributed by atoms with Gasteiger partial charge < -0.3 is 14.1 Å². The number of aromatic amines is 1. The second-order valence-corrected chi connectivity index (χ2v) is 11.7. The smallest absolute Gasteiger partial charge is 0.338 e. The number of aromatic nitrogens is 3. The highest BCUT2D eigenvalue weighted by molar-refractivity contribution is 9.10. The predicted octanol–water partition coefficient (Wildman–Crippen LogP) is 3.76. The van der Waals surface area contributed by atoms with Crippen LogP contribution in [0.1, 0.15) is 36.2 Å². The summed E-state index contributed by atoms with van der Waals surface area (Å²) in [6.07, 6.45) is 1.64. The highest BCUT2D eigenvalue weighted by atomic mass is 79.9. The number of halogens is 1. The molecule has 9 nitrogen and oxygen atoms in total. The van der Waals surface area contributed by atoms with Crippen molar-refractivity contribution in [2.45, 2.75) is 37.1 Å². The lowest BCUT2D eigenvalue weighted by Gasteiger charge is -2.23. The van der Waals surface area contributed by atoms with Gasteiger partial charge in [-0.15, -0.1) is 11.3 Å². The summed E-state index contributed by atoms with van der Waals surface area (Å²) < 4.78 is 13.8. The molecule has 0 spiro atoms. The highest BCUT2D eigenvalue weighted by Gasteiger charge is 2.33. The second kappa shape index (κ2) is 10.4. The third kappa shape index (κ3) is 5.08. The molecule has 4 aromatic rings. The van der Waals surface area contributed by atoms with Gasteiger partial charge in [-0.3, -0.25) is 14.2 Å². The Morgan fingerprint density at radius 3 is 2.86 bits per heavy atom. The lowest BCUT2D eigenvalue weighted by atomic mass is 10.0. The first-order chi connectivity index (χ1) is 17.7. The van der Waals surface area contributed by atoms with Gasteiger partial charge >= 0.3 is 5.97 Å². The van der Waals surface area contributed by atoms with Gasteiger partial charge in [0.1, 0.15) is 11.8 Å². The Balaban J connectivity index is 1.58. The number of carbonyl (C=O) groups excluding carboxylic acids is 1. The molecule has 1 aliphatic heterocycles. The Kier molecular flexibility index (Phi) is 7.21. The summed E-state index contributed by atoms with van der Waals surface area (Å²) >= 11 is 7.30. The van der Waals surface area contributed by atoms with Crippen molar-refractivity contribution < 1.29 is 13.9 Å². The lowest BCUT2D eigenvalue weighted by molar-refractivity contribution is -0.139. The minimum Gasteiger partial charge on any atom is -0.463 e. The molecule has 0 aromatic carbocycles. The van der Waals surface area contributed by atoms with Gasteiger partial charge in [0.25, 0.3) is 11.1 Å². The molecule has 0 saturated heterocycles. The quantitative estimate of drug-likeness (QED) is 0.258. The van der Waals surface area contributed by atoms with Crippen molar-refractivity contribution in [1.29, 1.82) is 0 Å². The zero-order valence-electron chi connectivity index (χ0n) is 19.7. The molecular formula is C24H19BrN4O5S3. The second-order valence-electron chi connectivity index (χ2n) is 7.90. The number of rotatable bonds is 6. The van der Waals surface area contributed by atoms with E-state index in [9.17, 15) is 14.4 Å². The molecule has 13 heteroatoms. The van der Waals surface area contributed by atoms with Crippen LogP contribution in [0.25, 0.3) is 6.08 Å². The van der Waals surface area contributed by atoms with Crippen LogP contribution < -0.4 is 20.5 Å². The number of thiophene rings is 1. The summed E-state index contributed by atoms with van der Waals surface area (Å²) in [6, 6.07) is 6.28. The molecular weight excluding hydrogens is 600 g/mol. The Labute approximate surface area is 230 Å². The first-order valence-electron chi connectivity index (χ1n) is 11.0. The lowest BCUT2D eigenvalue weighted by Crippen LogP contribution is -2.39. The van der Waals surface area contributed by atoms with E-state index in [4.69, 9.17) is 9.15 Å². The molecule has 1 aliphatic rings. The molecule has 5 heterocycles. The number of allylic oxidation sites excluding steroid dienone is 1. The Morgan fingerprint density at radius 1 is 1.35 bits per heavy atom. The number of hydrogen-bond acceptors (Lipinski definition) is 10. The van der Waals surface area contributed by atoms with E-state index in [0.29, 0.717) is 46.8 Å². The van der Waals surface area contributed by atoms with E-state index in [1.54, 1.807) is 32.9 Å². The van der Waals surface area contributed by atoms with E-state index >= 15 is 0 Å². The normalized spacial score (nSPS) is 15.6. The summed E-state index contributed by atoms with van der Waals surface area (Å²) in [4.78, 5) is 51.1. The van der Waals surface area contributed by atoms with Crippen molar-refractivity contribution in [1.82, 2.24) is 14.5 Å². The van der Waals surface area contributed by atoms with Gasteiger partial charge in [0, 0.05) is 22.7 Å². The summed E-state index contributed by atoms with van der Waals surface area (Å²) in [5, 5.41) is 2.77. The number of furan rings is 1. The molecule has 0 amide bonds. The van der Waals surface area contributed by atoms with Crippen LogP contribution in [0.3, 0.4) is 0 Å². The average Bonchev–Trinajstić information content (AvgIpc) is 3.54. The van der Waals surface area contributed by atoms with Crippen LogP contribution in [0.4, 0.5) is 0 Å². The van der Waals surface area contributed by atoms with Crippen LogP contribution in [-0.2, 0) is 9.53 Å². The number of nitrogens with zero attached hydrogens (tertiary/aromatic N) is 3. The van der Waals surface area contributed by atoms with Gasteiger partial charge in [-0.05, 0) is 66.0 Å². The van der Waals surface area contributed by atoms with Crippen molar-refractivity contribution >= 4 is 62.4 Å². The molecule has 0 aliphatic carbocycles. The van der Waals surface area contributed by atoms with Crippen molar-refractivity contribution in [3.05, 3.63) is 91.8 Å². The van der Waals surface area contributed by atoms with E-state index in [-0.39, 0.29) is 17.7 Å². The fourth-order valence-electron chi connectivity index (χ4n) is 3.83. The van der Waals surface area contributed by atoms with Crippen LogP contribution in [0.15, 0.2) is 74.6 Å². The molecule has 1 N–H and O–H groups in total. The number of fused-ring (bicyclic) bond motifs is 1. The summed E-state index contributed by atoms with van der Waals surface area (Å²) in [6.45, 7) is 5.45. The summed E-state index contributed by atoms with van der Waals surface area (Å²) in [5.41, 5.74) is 0.915. The number of ether oxygens (including phenoxy) is 1. The van der Waals surface area contributed by atoms with Crippen LogP contribution in [0.5, 0.6) is 0 Å². The number of thiazole rings is 1. The SMILES string of the molecule is CCOC(=O)C1=C(C)N=c2s/c(=C/c3cc(Br)c(Sc4nc(C)cc(=O)[nH]4)o3)c(=O)n2[C@@H]1c1cccs1. The molecule has 4 aromatic heterocycles. The fraction of sp³-hybridized carbons (Fsp3) is 0.208. The van der Waals surface area contributed by atoms with Crippen LogP contribution >= 0.6 is 50.4 Å². The summed E-state index contributed by atoms with van der Waals surface area (Å²) in [7, 11) is 0. The molecule has 0 unspecified atom stereocenters. The number of nitrogens with one attached hydrogen (secondary N) is 1. The maximum atomic E-state index is 13.6. The molecule has 37 heavy (non-hydrogen) atoms. The largest absolute Gasteiger partial charge is 0.463 e. The van der Waals surface area contributed by atoms with E-state index in [1.165, 1.54) is 33.3 Å². The Hall–Kier alpha value is -3.00. The van der Waals surface area contributed by atoms with Gasteiger partial charge in [0.05, 0.1) is 26.9 Å². The maximum absolute atomic E-state index is 13.6. The number of hydrogen-bond donors (Lipinski definition) is 1. The first kappa shape index (κ1) is 25.6. The molecule has 0 radical (unpaired) electrons. The van der Waals surface area contributed by atoms with Gasteiger partial charge in [0.2, 0.25) is 0 Å². The number of esters is 1. The van der Waals surface area contributed by atoms with Gasteiger partial charge in [-0.1, -0.05) is 17.4 Å². The van der Waals surface area contributed by atoms with Crippen LogP contribution in [0, 0.1) is 6.92 Å². The van der Waals surface area contributed by atoms with E-state index in [0.717, 1.165) is 16.6 Å². The Morgan fingerprint density at radius 2 is 2.16 bits per heavy atom. The van der Waals surface area contributed by atoms with Crippen molar-refractivity contribution in [3.63, 3.8) is 0 Å². The number of H-pyrrole nitrogens is 1. The number of aryl methyl sites for hydroxylation is 1. The maximum Gasteiger partial charge on any atom is 0.338 e. The minimum absolute atomic E-state index is 0.219. The molecule has 5 rings (SSSR count). The van der Waals surface area contributed by atoms with Crippen LogP contribution in [0.2, 0.25) is 0 Å². The zero-order valence-corrected chi connectivity index (χ0v) is 23.8. The topological polar surface area (TPSA) is 120 Å².